The molecule has 0 bridgehead atoms. The molecule has 0 aliphatic carbocycles. The number of nitrogens with one attached hydrogen (secondary N) is 2. The first-order valence-electron chi connectivity index (χ1n) is 23.6. The average molecular weight is 1230 g/mol. The van der Waals surface area contributed by atoms with Gasteiger partial charge in [0.1, 0.15) is 54.6 Å². The Hall–Kier alpha value is -5.64. The molecule has 0 aromatic carbocycles. The van der Waals surface area contributed by atoms with Crippen molar-refractivity contribution in [3.8, 4) is 0 Å². The van der Waals surface area contributed by atoms with Crippen LogP contribution in [-0.4, -0.2) is 189 Å². The van der Waals surface area contributed by atoms with Gasteiger partial charge in [0, 0.05) is 33.0 Å². The molecule has 3 fully saturated rings. The summed E-state index contributed by atoms with van der Waals surface area (Å²) in [7, 11) is -19.6. The van der Waals surface area contributed by atoms with E-state index in [1.807, 2.05) is 0 Å². The highest BCUT2D eigenvalue weighted by Crippen LogP contribution is 2.68. The van der Waals surface area contributed by atoms with Crippen LogP contribution in [0.3, 0.4) is 0 Å². The quantitative estimate of drug-likeness (QED) is 0.0231. The first kappa shape index (κ1) is 60.0. The minimum Gasteiger partial charge on any atom is -0.387 e. The average Bonchev–Trinajstić information content (AvgIpc) is 3.53. The van der Waals surface area contributed by atoms with Crippen LogP contribution in [0.15, 0.2) is 34.9 Å². The summed E-state index contributed by atoms with van der Waals surface area (Å²) in [5.74, 6) is -2.47. The summed E-state index contributed by atoms with van der Waals surface area (Å²) in [6.45, 7) is -1.42. The van der Waals surface area contributed by atoms with Gasteiger partial charge in [0.25, 0.3) is 16.7 Å². The molecule has 5 unspecified atom stereocenters. The molecular weight excluding hydrogens is 1180 g/mol. The maximum atomic E-state index is 13.8. The second kappa shape index (κ2) is 22.8. The summed E-state index contributed by atoms with van der Waals surface area (Å²) in [4.78, 5) is 111. The summed E-state index contributed by atoms with van der Waals surface area (Å²) < 4.78 is 111. The van der Waals surface area contributed by atoms with Gasteiger partial charge in [-0.3, -0.25) is 51.6 Å². The lowest BCUT2D eigenvalue weighted by Crippen LogP contribution is -2.38. The third-order valence-corrected chi connectivity index (χ3v) is 18.3. The number of aryl methyl sites for hydroxylation is 1. The van der Waals surface area contributed by atoms with E-state index in [1.54, 1.807) is 6.92 Å². The first-order valence-corrected chi connectivity index (χ1v) is 29.5. The number of rotatable bonds is 22. The lowest BCUT2D eigenvalue weighted by molar-refractivity contribution is -0.646. The topological polar surface area (TPSA) is 562 Å². The fraction of sp³-hybridized carbons (Fsp3) is 0.568. The van der Waals surface area contributed by atoms with Crippen LogP contribution in [0.2, 0.25) is 0 Å². The van der Waals surface area contributed by atoms with Gasteiger partial charge >= 0.3 is 36.9 Å². The number of phosphoric acid groups is 4. The SMILES string of the molecule is CCN(C)C(=O)C[C@@H]1[C@@H](COP(=O)(O)OP(=O)(O)OP(=O)(O)OC[C@H]2O[C@@H](n3cnc4c(N)ncnc43)[C@H](OC)[C@@H]2OP(=O)(O)OC[C@H]2O[C@@H](n3cnc4c(=O)[nH]c(N)nc43)[C@H](O)[C@@H]2O)OC(n2c[n+](C)c3c(=O)[nH]c(N)nc32)[C@@H]1O. The summed E-state index contributed by atoms with van der Waals surface area (Å²) in [5.41, 5.74) is 15.6. The maximum Gasteiger partial charge on any atom is 0.490 e. The zero-order chi connectivity index (χ0) is 58.8. The molecule has 15 N–H and O–H groups in total. The van der Waals surface area contributed by atoms with Crippen LogP contribution in [0.1, 0.15) is 32.0 Å². The number of fused-ring (bicyclic) bond motifs is 3. The van der Waals surface area contributed by atoms with Crippen LogP contribution in [0.4, 0.5) is 17.7 Å². The van der Waals surface area contributed by atoms with Crippen molar-refractivity contribution in [2.75, 3.05) is 57.7 Å². The number of amides is 1. The van der Waals surface area contributed by atoms with E-state index in [1.165, 1.54) is 39.0 Å². The number of phosphoric ester groups is 3. The van der Waals surface area contributed by atoms with Gasteiger partial charge in [-0.25, -0.2) is 42.8 Å². The summed E-state index contributed by atoms with van der Waals surface area (Å²) >= 11 is 0. The number of aliphatic hydroxyl groups excluding tert-OH is 3. The van der Waals surface area contributed by atoms with Gasteiger partial charge in [-0.15, -0.1) is 0 Å². The number of anilines is 3. The molecule has 6 aromatic rings. The Kier molecular flexibility index (Phi) is 16.9. The fourth-order valence-corrected chi connectivity index (χ4v) is 13.6. The number of methoxy groups -OCH3 is 1. The molecule has 9 rings (SSSR count). The molecule has 81 heavy (non-hydrogen) atoms. The Morgan fingerprint density at radius 3 is 1.91 bits per heavy atom. The first-order chi connectivity index (χ1) is 38.0. The Labute approximate surface area is 451 Å². The molecule has 0 spiro atoms. The minimum absolute atomic E-state index is 0.00476. The third-order valence-electron chi connectivity index (χ3n) is 13.1. The molecule has 444 valence electrons. The number of aromatic nitrogens is 12. The number of hydrogen-bond acceptors (Lipinski definition) is 29. The molecule has 3 aliphatic heterocycles. The van der Waals surface area contributed by atoms with Crippen molar-refractivity contribution in [2.24, 2.45) is 13.0 Å². The molecule has 44 heteroatoms. The van der Waals surface area contributed by atoms with E-state index in [9.17, 15) is 67.5 Å². The largest absolute Gasteiger partial charge is 0.490 e. The van der Waals surface area contributed by atoms with E-state index in [4.69, 9.17) is 54.2 Å². The van der Waals surface area contributed by atoms with Crippen LogP contribution in [0.25, 0.3) is 33.5 Å². The van der Waals surface area contributed by atoms with Crippen LogP contribution in [0, 0.1) is 5.92 Å². The van der Waals surface area contributed by atoms with Crippen molar-refractivity contribution in [1.82, 2.24) is 58.5 Å². The number of imidazole rings is 3. The number of nitrogens with two attached hydrogens (primary N) is 3. The van der Waals surface area contributed by atoms with Crippen molar-refractivity contribution in [3.05, 3.63) is 46.0 Å². The van der Waals surface area contributed by atoms with Crippen molar-refractivity contribution < 1.29 is 108 Å². The molecule has 0 saturated carbocycles. The number of aromatic amines is 2. The van der Waals surface area contributed by atoms with Gasteiger partial charge < -0.3 is 75.9 Å². The highest BCUT2D eigenvalue weighted by Gasteiger charge is 2.54. The maximum absolute atomic E-state index is 13.8. The van der Waals surface area contributed by atoms with E-state index >= 15 is 0 Å². The normalized spacial score (nSPS) is 29.0. The molecule has 6 aromatic heterocycles. The second-order valence-corrected chi connectivity index (χ2v) is 24.3. The van der Waals surface area contributed by atoms with Crippen LogP contribution >= 0.6 is 31.3 Å². The van der Waals surface area contributed by atoms with E-state index in [0.29, 0.717) is 0 Å². The summed E-state index contributed by atoms with van der Waals surface area (Å²) in [6.07, 6.45) is -13.9. The Morgan fingerprint density at radius 1 is 0.704 bits per heavy atom. The van der Waals surface area contributed by atoms with Gasteiger partial charge in [0.05, 0.1) is 45.6 Å². The monoisotopic (exact) mass is 1230 g/mol. The number of ether oxygens (including phenoxy) is 4. The highest BCUT2D eigenvalue weighted by atomic mass is 31.3. The summed E-state index contributed by atoms with van der Waals surface area (Å²) in [6, 6.07) is 0. The van der Waals surface area contributed by atoms with Gasteiger partial charge in [-0.05, 0) is 6.92 Å². The third kappa shape index (κ3) is 12.4. The van der Waals surface area contributed by atoms with Crippen molar-refractivity contribution >= 4 is 88.4 Å². The van der Waals surface area contributed by atoms with Crippen molar-refractivity contribution in [1.29, 1.82) is 0 Å². The molecule has 40 nitrogen and oxygen atoms in total. The number of nitrogen functional groups attached to an aromatic ring is 3. The highest BCUT2D eigenvalue weighted by molar-refractivity contribution is 7.66. The molecular formula is C37H53N16O24P4+. The molecule has 16 atom stereocenters. The smallest absolute Gasteiger partial charge is 0.387 e. The number of hydrogen-bond donors (Lipinski definition) is 12. The van der Waals surface area contributed by atoms with E-state index in [-0.39, 0.29) is 57.8 Å². The number of H-pyrrole nitrogens is 2. The summed E-state index contributed by atoms with van der Waals surface area (Å²) in [5, 5.41) is 33.3. The molecule has 3 saturated heterocycles. The fourth-order valence-electron chi connectivity index (χ4n) is 9.16. The standard InChI is InChI=1S/C37H52N16O24P4/c1-5-49(2)18(54)6-14-15(72-33(22(14)55)53-13-50(3)21-30(53)46-37(40)48-32(21)59)7-70-79(62,63)76-81(66,67)77-80(64,65)71-9-17-25(26(68-4)35(74-17)51-11-43-19-27(38)41-10-42-28(19)51)75-78(60,61)69-8-16-23(56)24(57)34(73-16)52-12-44-20-29(52)45-36(39)47-31(20)58/h10-17,22-26,33-35,55-57H,5-9H2,1-4H3,(H11-,38,39,40,41,42,45,46,47,48,58,59,60,61,62,63,64,65,66,67)/p+1/t14-,15-,16-,17-,22-,23-,24-,25-,26-,33?,34-,35-/m1/s1. The van der Waals surface area contributed by atoms with Gasteiger partial charge in [0.15, 0.2) is 35.1 Å². The van der Waals surface area contributed by atoms with E-state index in [0.717, 1.165) is 30.7 Å². The molecule has 1 amide bonds. The van der Waals surface area contributed by atoms with Gasteiger partial charge in [-0.2, -0.15) is 23.2 Å². The van der Waals surface area contributed by atoms with Crippen LogP contribution in [-0.2, 0) is 75.8 Å². The van der Waals surface area contributed by atoms with Crippen molar-refractivity contribution in [3.63, 3.8) is 0 Å². The predicted octanol–water partition coefficient (Wildman–Crippen LogP) is -3.59. The minimum atomic E-state index is -6.24. The molecule has 9 heterocycles. The molecule has 0 radical (unpaired) electrons. The Morgan fingerprint density at radius 2 is 1.26 bits per heavy atom. The zero-order valence-electron chi connectivity index (χ0n) is 42.3. The molecule has 3 aliphatic rings. The van der Waals surface area contributed by atoms with Gasteiger partial charge in [-0.1, -0.05) is 0 Å². The van der Waals surface area contributed by atoms with Crippen LogP contribution < -0.4 is 32.9 Å². The van der Waals surface area contributed by atoms with E-state index < -0.39 is 148 Å². The lowest BCUT2D eigenvalue weighted by Gasteiger charge is -2.26. The number of carbonyl (C=O) groups excluding carboxylic acids is 1. The predicted molar refractivity (Wildman–Crippen MR) is 264 cm³/mol. The number of aliphatic hydroxyl groups is 3. The number of nitrogens with zero attached hydrogens (tertiary/aromatic N) is 11. The van der Waals surface area contributed by atoms with Crippen LogP contribution in [0.5, 0.6) is 0 Å². The number of carbonyl (C=O) groups is 1. The zero-order valence-corrected chi connectivity index (χ0v) is 45.9. The Balaban J connectivity index is 0.881. The van der Waals surface area contributed by atoms with E-state index in [2.05, 4.69) is 48.5 Å². The van der Waals surface area contributed by atoms with Gasteiger partial charge in [0.2, 0.25) is 30.4 Å². The lowest BCUT2D eigenvalue weighted by atomic mass is 9.94. The Bertz CT molecular complexity index is 3680. The second-order valence-electron chi connectivity index (χ2n) is 18.3. The van der Waals surface area contributed by atoms with Crippen molar-refractivity contribution in [2.45, 2.75) is 80.9 Å².